The summed E-state index contributed by atoms with van der Waals surface area (Å²) in [5, 5.41) is 4.53. The summed E-state index contributed by atoms with van der Waals surface area (Å²) < 4.78 is 3.70. The van der Waals surface area contributed by atoms with Crippen LogP contribution in [0, 0.1) is 0 Å². The van der Waals surface area contributed by atoms with Gasteiger partial charge in [0.2, 0.25) is 0 Å². The van der Waals surface area contributed by atoms with Crippen LogP contribution in [0.3, 0.4) is 0 Å². The number of aromatic nitrogens is 2. The zero-order valence-electron chi connectivity index (χ0n) is 7.52. The minimum atomic E-state index is 0.0713. The minimum absolute atomic E-state index is 0.0713. The maximum atomic E-state index is 11.9. The summed E-state index contributed by atoms with van der Waals surface area (Å²) in [5.41, 5.74) is 0. The summed E-state index contributed by atoms with van der Waals surface area (Å²) in [6.07, 6.45) is 3.72. The van der Waals surface area contributed by atoms with Crippen molar-refractivity contribution in [2.45, 2.75) is 18.9 Å². The number of halogens is 1. The molecule has 1 atom stereocenters. The molecule has 1 unspecified atom stereocenters. The SMILES string of the molecule is O=C(c1cnns1)N1CCCC1CBr. The first kappa shape index (κ1) is 10.0. The summed E-state index contributed by atoms with van der Waals surface area (Å²) in [6.45, 7) is 0.854. The zero-order chi connectivity index (χ0) is 9.97. The Morgan fingerprint density at radius 2 is 2.64 bits per heavy atom. The Balaban J connectivity index is 2.11. The monoisotopic (exact) mass is 275 g/mol. The molecule has 1 aliphatic rings. The number of nitrogens with zero attached hydrogens (tertiary/aromatic N) is 3. The summed E-state index contributed by atoms with van der Waals surface area (Å²) in [6, 6.07) is 0.338. The van der Waals surface area contributed by atoms with Gasteiger partial charge in [-0.2, -0.15) is 0 Å². The van der Waals surface area contributed by atoms with Crippen LogP contribution in [0.1, 0.15) is 22.5 Å². The van der Waals surface area contributed by atoms with Gasteiger partial charge in [0, 0.05) is 17.9 Å². The molecule has 0 bridgehead atoms. The van der Waals surface area contributed by atoms with E-state index < -0.39 is 0 Å². The van der Waals surface area contributed by atoms with E-state index in [2.05, 4.69) is 25.5 Å². The summed E-state index contributed by atoms with van der Waals surface area (Å²) in [5.74, 6) is 0.0713. The quantitative estimate of drug-likeness (QED) is 0.770. The molecule has 2 rings (SSSR count). The standard InChI is InChI=1S/C8H10BrN3OS/c9-4-6-2-1-3-12(6)8(13)7-5-10-11-14-7/h5-6H,1-4H2. The molecule has 1 aromatic rings. The topological polar surface area (TPSA) is 46.1 Å². The van der Waals surface area contributed by atoms with E-state index in [1.165, 1.54) is 6.20 Å². The van der Waals surface area contributed by atoms with Crippen molar-refractivity contribution in [3.63, 3.8) is 0 Å². The van der Waals surface area contributed by atoms with Crippen LogP contribution < -0.4 is 0 Å². The van der Waals surface area contributed by atoms with Crippen LogP contribution in [0.2, 0.25) is 0 Å². The molecule has 4 nitrogen and oxygen atoms in total. The number of carbonyl (C=O) groups excluding carboxylic acids is 1. The van der Waals surface area contributed by atoms with Gasteiger partial charge in [-0.05, 0) is 24.4 Å². The predicted molar refractivity (Wildman–Crippen MR) is 57.8 cm³/mol. The Bertz CT molecular complexity index is 316. The van der Waals surface area contributed by atoms with E-state index in [4.69, 9.17) is 0 Å². The van der Waals surface area contributed by atoms with E-state index >= 15 is 0 Å². The van der Waals surface area contributed by atoms with E-state index in [9.17, 15) is 4.79 Å². The molecule has 14 heavy (non-hydrogen) atoms. The highest BCUT2D eigenvalue weighted by molar-refractivity contribution is 9.09. The summed E-state index contributed by atoms with van der Waals surface area (Å²) in [7, 11) is 0. The van der Waals surface area contributed by atoms with Crippen LogP contribution in [-0.2, 0) is 0 Å². The second kappa shape index (κ2) is 4.35. The first-order chi connectivity index (χ1) is 6.83. The molecular weight excluding hydrogens is 266 g/mol. The smallest absolute Gasteiger partial charge is 0.267 e. The molecule has 6 heteroatoms. The maximum Gasteiger partial charge on any atom is 0.267 e. The Kier molecular flexibility index (Phi) is 3.12. The second-order valence-electron chi connectivity index (χ2n) is 3.23. The molecule has 0 spiro atoms. The third-order valence-electron chi connectivity index (χ3n) is 2.39. The third-order valence-corrected chi connectivity index (χ3v) is 3.79. The third kappa shape index (κ3) is 1.81. The summed E-state index contributed by atoms with van der Waals surface area (Å²) in [4.78, 5) is 14.5. The van der Waals surface area contributed by atoms with E-state index in [0.717, 1.165) is 36.2 Å². The largest absolute Gasteiger partial charge is 0.334 e. The van der Waals surface area contributed by atoms with E-state index in [1.54, 1.807) is 0 Å². The van der Waals surface area contributed by atoms with Crippen molar-refractivity contribution in [3.05, 3.63) is 11.1 Å². The Morgan fingerprint density at radius 1 is 1.79 bits per heavy atom. The van der Waals surface area contributed by atoms with Crippen molar-refractivity contribution in [1.29, 1.82) is 0 Å². The lowest BCUT2D eigenvalue weighted by molar-refractivity contribution is 0.0755. The first-order valence-electron chi connectivity index (χ1n) is 4.47. The zero-order valence-corrected chi connectivity index (χ0v) is 9.92. The second-order valence-corrected chi connectivity index (χ2v) is 4.66. The minimum Gasteiger partial charge on any atom is -0.334 e. The van der Waals surface area contributed by atoms with Crippen molar-refractivity contribution in [3.8, 4) is 0 Å². The fourth-order valence-electron chi connectivity index (χ4n) is 1.67. The van der Waals surface area contributed by atoms with Crippen molar-refractivity contribution < 1.29 is 4.79 Å². The van der Waals surface area contributed by atoms with Gasteiger partial charge in [-0.3, -0.25) is 4.79 Å². The van der Waals surface area contributed by atoms with Crippen LogP contribution in [0.5, 0.6) is 0 Å². The van der Waals surface area contributed by atoms with Gasteiger partial charge in [0.15, 0.2) is 0 Å². The molecule has 1 amide bonds. The van der Waals surface area contributed by atoms with Gasteiger partial charge in [-0.1, -0.05) is 20.4 Å². The predicted octanol–water partition coefficient (Wildman–Crippen LogP) is 1.54. The van der Waals surface area contributed by atoms with E-state index in [-0.39, 0.29) is 5.91 Å². The highest BCUT2D eigenvalue weighted by Crippen LogP contribution is 2.21. The number of hydrogen-bond donors (Lipinski definition) is 0. The average molecular weight is 276 g/mol. The number of carbonyl (C=O) groups is 1. The van der Waals surface area contributed by atoms with Crippen LogP contribution in [0.4, 0.5) is 0 Å². The van der Waals surface area contributed by atoms with Gasteiger partial charge in [0.25, 0.3) is 5.91 Å². The molecule has 0 aliphatic carbocycles. The van der Waals surface area contributed by atoms with Crippen molar-refractivity contribution in [2.75, 3.05) is 11.9 Å². The summed E-state index contributed by atoms with van der Waals surface area (Å²) >= 11 is 4.59. The van der Waals surface area contributed by atoms with Gasteiger partial charge in [-0.25, -0.2) is 0 Å². The molecular formula is C8H10BrN3OS. The first-order valence-corrected chi connectivity index (χ1v) is 6.36. The van der Waals surface area contributed by atoms with Gasteiger partial charge >= 0.3 is 0 Å². The van der Waals surface area contributed by atoms with Crippen molar-refractivity contribution >= 4 is 33.4 Å². The van der Waals surface area contributed by atoms with Gasteiger partial charge < -0.3 is 4.90 Å². The van der Waals surface area contributed by atoms with E-state index in [1.807, 2.05) is 4.90 Å². The van der Waals surface area contributed by atoms with Crippen molar-refractivity contribution in [2.24, 2.45) is 0 Å². The highest BCUT2D eigenvalue weighted by atomic mass is 79.9. The molecule has 1 saturated heterocycles. The van der Waals surface area contributed by atoms with Crippen LogP contribution in [0.15, 0.2) is 6.20 Å². The molecule has 2 heterocycles. The highest BCUT2D eigenvalue weighted by Gasteiger charge is 2.29. The Labute approximate surface area is 94.6 Å². The number of amides is 1. The van der Waals surface area contributed by atoms with Crippen LogP contribution in [0.25, 0.3) is 0 Å². The maximum absolute atomic E-state index is 11.9. The number of likely N-dealkylation sites (tertiary alicyclic amines) is 1. The lowest BCUT2D eigenvalue weighted by Gasteiger charge is -2.21. The molecule has 0 aromatic carbocycles. The fraction of sp³-hybridized carbons (Fsp3) is 0.625. The van der Waals surface area contributed by atoms with Crippen LogP contribution >= 0.6 is 27.5 Å². The normalized spacial score (nSPS) is 21.5. The van der Waals surface area contributed by atoms with Gasteiger partial charge in [0.05, 0.1) is 6.20 Å². The molecule has 0 radical (unpaired) electrons. The van der Waals surface area contributed by atoms with E-state index in [0.29, 0.717) is 10.9 Å². The molecule has 0 N–H and O–H groups in total. The Hall–Kier alpha value is -0.490. The molecule has 1 aromatic heterocycles. The van der Waals surface area contributed by atoms with Crippen molar-refractivity contribution in [1.82, 2.24) is 14.5 Å². The molecule has 76 valence electrons. The van der Waals surface area contributed by atoms with Gasteiger partial charge in [0.1, 0.15) is 4.88 Å². The molecule has 1 aliphatic heterocycles. The molecule has 1 fully saturated rings. The lowest BCUT2D eigenvalue weighted by Crippen LogP contribution is -2.35. The fourth-order valence-corrected chi connectivity index (χ4v) is 2.81. The average Bonchev–Trinajstić information content (AvgIpc) is 2.87. The lowest BCUT2D eigenvalue weighted by atomic mass is 10.2. The number of alkyl halides is 1. The van der Waals surface area contributed by atoms with Crippen LogP contribution in [-0.4, -0.2) is 38.3 Å². The molecule has 0 saturated carbocycles. The Morgan fingerprint density at radius 3 is 3.29 bits per heavy atom. The van der Waals surface area contributed by atoms with Gasteiger partial charge in [-0.15, -0.1) is 5.10 Å². The number of rotatable bonds is 2. The number of hydrogen-bond acceptors (Lipinski definition) is 4.